The number of rotatable bonds is 6. The average Bonchev–Trinajstić information content (AvgIpc) is 2.56. The summed E-state index contributed by atoms with van der Waals surface area (Å²) in [5.41, 5.74) is -0.681. The van der Waals surface area contributed by atoms with E-state index in [2.05, 4.69) is 10.3 Å². The van der Waals surface area contributed by atoms with Crippen LogP contribution in [0.25, 0.3) is 0 Å². The molecule has 0 radical (unpaired) electrons. The maximum Gasteiger partial charge on any atom is 0.416 e. The molecule has 2 rings (SSSR count). The molecule has 0 aliphatic heterocycles. The lowest BCUT2D eigenvalue weighted by Gasteiger charge is -2.15. The van der Waals surface area contributed by atoms with Gasteiger partial charge in [-0.2, -0.15) is 13.2 Å². The third kappa shape index (κ3) is 4.69. The zero-order chi connectivity index (χ0) is 17.6. The van der Waals surface area contributed by atoms with Crippen LogP contribution in [0.1, 0.15) is 15.9 Å². The Labute approximate surface area is 136 Å². The van der Waals surface area contributed by atoms with Crippen molar-refractivity contribution in [1.82, 2.24) is 4.98 Å². The summed E-state index contributed by atoms with van der Waals surface area (Å²) in [6.45, 7) is 0.402. The molecule has 2 aromatic rings. The van der Waals surface area contributed by atoms with Crippen molar-refractivity contribution in [3.05, 3.63) is 53.9 Å². The summed E-state index contributed by atoms with van der Waals surface area (Å²) in [7, 11) is 1.47. The van der Waals surface area contributed by atoms with Gasteiger partial charge in [-0.25, -0.2) is 0 Å². The minimum absolute atomic E-state index is 0.0669. The van der Waals surface area contributed by atoms with E-state index < -0.39 is 17.6 Å². The molecule has 0 aliphatic rings. The van der Waals surface area contributed by atoms with Crippen LogP contribution >= 0.6 is 0 Å². The van der Waals surface area contributed by atoms with Gasteiger partial charge in [-0.05, 0) is 30.3 Å². The van der Waals surface area contributed by atoms with E-state index in [0.717, 1.165) is 12.1 Å². The van der Waals surface area contributed by atoms with E-state index in [9.17, 15) is 18.0 Å². The molecule has 1 amide bonds. The number of halogens is 3. The molecule has 0 unspecified atom stereocenters. The number of ether oxygens (including phenoxy) is 2. The maximum atomic E-state index is 12.9. The van der Waals surface area contributed by atoms with Gasteiger partial charge in [-0.1, -0.05) is 0 Å². The molecule has 128 valence electrons. The number of alkyl halides is 3. The summed E-state index contributed by atoms with van der Waals surface area (Å²) >= 11 is 0. The molecule has 0 spiro atoms. The Hall–Kier alpha value is -2.61. The first kappa shape index (κ1) is 17.7. The normalized spacial score (nSPS) is 11.2. The second-order valence-electron chi connectivity index (χ2n) is 4.74. The Kier molecular flexibility index (Phi) is 5.75. The van der Waals surface area contributed by atoms with Crippen LogP contribution in [0.4, 0.5) is 18.9 Å². The Bertz CT molecular complexity index is 691. The van der Waals surface area contributed by atoms with E-state index in [1.54, 1.807) is 0 Å². The standard InChI is InChI=1S/C16H15F3N2O3/c1-23-8-9-24-14-3-2-12(16(17,18)19)10-13(14)21-15(22)11-4-6-20-7-5-11/h2-7,10H,8-9H2,1H3,(H,21,22). The number of aromatic nitrogens is 1. The minimum atomic E-state index is -4.53. The van der Waals surface area contributed by atoms with E-state index in [4.69, 9.17) is 9.47 Å². The highest BCUT2D eigenvalue weighted by Crippen LogP contribution is 2.35. The Morgan fingerprint density at radius 1 is 1.17 bits per heavy atom. The molecular weight excluding hydrogens is 325 g/mol. The number of amides is 1. The molecular formula is C16H15F3N2O3. The van der Waals surface area contributed by atoms with Crippen LogP contribution in [0, 0.1) is 0 Å². The molecule has 8 heteroatoms. The molecule has 1 heterocycles. The molecule has 0 saturated carbocycles. The van der Waals surface area contributed by atoms with Gasteiger partial charge in [0.15, 0.2) is 0 Å². The van der Waals surface area contributed by atoms with Gasteiger partial charge in [-0.3, -0.25) is 9.78 Å². The zero-order valence-electron chi connectivity index (χ0n) is 12.8. The van der Waals surface area contributed by atoms with Gasteiger partial charge in [0.25, 0.3) is 5.91 Å². The minimum Gasteiger partial charge on any atom is -0.489 e. The first-order chi connectivity index (χ1) is 11.4. The summed E-state index contributed by atoms with van der Waals surface area (Å²) in [6.07, 6.45) is -1.70. The van der Waals surface area contributed by atoms with Crippen LogP contribution in [0.3, 0.4) is 0 Å². The van der Waals surface area contributed by atoms with E-state index in [0.29, 0.717) is 0 Å². The third-order valence-corrected chi connectivity index (χ3v) is 3.04. The van der Waals surface area contributed by atoms with E-state index >= 15 is 0 Å². The number of carbonyl (C=O) groups excluding carboxylic acids is 1. The molecule has 1 aromatic carbocycles. The molecule has 0 atom stereocenters. The highest BCUT2D eigenvalue weighted by Gasteiger charge is 2.31. The first-order valence-electron chi connectivity index (χ1n) is 6.96. The van der Waals surface area contributed by atoms with Gasteiger partial charge in [0.2, 0.25) is 0 Å². The molecule has 0 aliphatic carbocycles. The summed E-state index contributed by atoms with van der Waals surface area (Å²) in [4.78, 5) is 15.9. The van der Waals surface area contributed by atoms with Gasteiger partial charge in [0.1, 0.15) is 12.4 Å². The number of nitrogens with one attached hydrogen (secondary N) is 1. The molecule has 1 aromatic heterocycles. The first-order valence-corrected chi connectivity index (χ1v) is 6.96. The van der Waals surface area contributed by atoms with Gasteiger partial charge in [-0.15, -0.1) is 0 Å². The number of pyridine rings is 1. The fourth-order valence-corrected chi connectivity index (χ4v) is 1.86. The van der Waals surface area contributed by atoms with Crippen molar-refractivity contribution >= 4 is 11.6 Å². The van der Waals surface area contributed by atoms with Crippen molar-refractivity contribution in [2.45, 2.75) is 6.18 Å². The van der Waals surface area contributed by atoms with Crippen molar-refractivity contribution in [3.63, 3.8) is 0 Å². The lowest BCUT2D eigenvalue weighted by Crippen LogP contribution is -2.15. The number of benzene rings is 1. The largest absolute Gasteiger partial charge is 0.489 e. The quantitative estimate of drug-likeness (QED) is 0.819. The SMILES string of the molecule is COCCOc1ccc(C(F)(F)F)cc1NC(=O)c1ccncc1. The van der Waals surface area contributed by atoms with Crippen LogP contribution in [0.2, 0.25) is 0 Å². The van der Waals surface area contributed by atoms with Gasteiger partial charge in [0.05, 0.1) is 17.9 Å². The summed E-state index contributed by atoms with van der Waals surface area (Å²) < 4.78 is 48.8. The number of nitrogens with zero attached hydrogens (tertiary/aromatic N) is 1. The van der Waals surface area contributed by atoms with Crippen molar-refractivity contribution in [1.29, 1.82) is 0 Å². The summed E-state index contributed by atoms with van der Waals surface area (Å²) in [5.74, 6) is -0.434. The Balaban J connectivity index is 2.27. The second kappa shape index (κ2) is 7.78. The molecule has 24 heavy (non-hydrogen) atoms. The van der Waals surface area contributed by atoms with Crippen molar-refractivity contribution < 1.29 is 27.4 Å². The van der Waals surface area contributed by atoms with Crippen LogP contribution in [-0.4, -0.2) is 31.2 Å². The smallest absolute Gasteiger partial charge is 0.416 e. The Morgan fingerprint density at radius 2 is 1.88 bits per heavy atom. The molecule has 0 saturated heterocycles. The van der Waals surface area contributed by atoms with Gasteiger partial charge in [0, 0.05) is 25.1 Å². The van der Waals surface area contributed by atoms with Gasteiger partial charge >= 0.3 is 6.18 Å². The number of anilines is 1. The molecule has 5 nitrogen and oxygen atoms in total. The highest BCUT2D eigenvalue weighted by atomic mass is 19.4. The van der Waals surface area contributed by atoms with Crippen molar-refractivity contribution in [2.75, 3.05) is 25.6 Å². The third-order valence-electron chi connectivity index (χ3n) is 3.04. The lowest BCUT2D eigenvalue weighted by molar-refractivity contribution is -0.137. The predicted molar refractivity (Wildman–Crippen MR) is 81.0 cm³/mol. The van der Waals surface area contributed by atoms with Crippen LogP contribution in [-0.2, 0) is 10.9 Å². The highest BCUT2D eigenvalue weighted by molar-refractivity contribution is 6.05. The molecule has 0 fully saturated rings. The van der Waals surface area contributed by atoms with Crippen molar-refractivity contribution in [2.24, 2.45) is 0 Å². The lowest BCUT2D eigenvalue weighted by atomic mass is 10.1. The fourth-order valence-electron chi connectivity index (χ4n) is 1.86. The summed E-state index contributed by atoms with van der Waals surface area (Å²) in [6, 6.07) is 5.80. The van der Waals surface area contributed by atoms with Gasteiger partial charge < -0.3 is 14.8 Å². The number of carbonyl (C=O) groups is 1. The molecule has 0 bridgehead atoms. The van der Waals surface area contributed by atoms with Crippen molar-refractivity contribution in [3.8, 4) is 5.75 Å². The maximum absolute atomic E-state index is 12.9. The van der Waals surface area contributed by atoms with Crippen LogP contribution in [0.15, 0.2) is 42.7 Å². The predicted octanol–water partition coefficient (Wildman–Crippen LogP) is 3.38. The average molecular weight is 340 g/mol. The number of hydrogen-bond donors (Lipinski definition) is 1. The zero-order valence-corrected chi connectivity index (χ0v) is 12.8. The second-order valence-corrected chi connectivity index (χ2v) is 4.74. The monoisotopic (exact) mass is 340 g/mol. The number of methoxy groups -OCH3 is 1. The summed E-state index contributed by atoms with van der Waals surface area (Å²) in [5, 5.41) is 2.43. The van der Waals surface area contributed by atoms with Crippen LogP contribution < -0.4 is 10.1 Å². The topological polar surface area (TPSA) is 60.5 Å². The fraction of sp³-hybridized carbons (Fsp3) is 0.250. The number of hydrogen-bond acceptors (Lipinski definition) is 4. The molecule has 1 N–H and O–H groups in total. The van der Waals surface area contributed by atoms with E-state index in [-0.39, 0.29) is 30.2 Å². The van der Waals surface area contributed by atoms with Crippen LogP contribution in [0.5, 0.6) is 5.75 Å². The van der Waals surface area contributed by atoms with E-state index in [1.165, 1.54) is 37.7 Å². The Morgan fingerprint density at radius 3 is 2.50 bits per heavy atom. The van der Waals surface area contributed by atoms with E-state index in [1.807, 2.05) is 0 Å².